The lowest BCUT2D eigenvalue weighted by atomic mass is 10.0. The lowest BCUT2D eigenvalue weighted by molar-refractivity contribution is 0.0520. The number of aromatic nitrogens is 1. The van der Waals surface area contributed by atoms with Crippen LogP contribution in [-0.2, 0) is 16.1 Å². The molecule has 0 fully saturated rings. The highest BCUT2D eigenvalue weighted by atomic mass is 16.6. The van der Waals surface area contributed by atoms with Crippen LogP contribution >= 0.6 is 0 Å². The average Bonchev–Trinajstić information content (AvgIpc) is 3.14. The molecule has 0 saturated carbocycles. The Balaban J connectivity index is 1.89. The van der Waals surface area contributed by atoms with Gasteiger partial charge in [0.05, 0.1) is 25.1 Å². The highest BCUT2D eigenvalue weighted by Crippen LogP contribution is 2.21. The second-order valence-electron chi connectivity index (χ2n) is 6.87. The zero-order chi connectivity index (χ0) is 20.1. The molecule has 0 amide bonds. The normalized spacial score (nSPS) is 15.9. The maximum atomic E-state index is 12.7. The second-order valence-corrected chi connectivity index (χ2v) is 6.87. The quantitative estimate of drug-likeness (QED) is 0.681. The van der Waals surface area contributed by atoms with Crippen LogP contribution in [0, 0.1) is 5.92 Å². The molecule has 7 nitrogen and oxygen atoms in total. The average molecular weight is 384 g/mol. The van der Waals surface area contributed by atoms with Crippen molar-refractivity contribution in [1.82, 2.24) is 4.57 Å². The number of carbonyl (C=O) groups is 1. The molecule has 0 N–H and O–H groups in total. The van der Waals surface area contributed by atoms with Crippen LogP contribution in [0.2, 0.25) is 0 Å². The van der Waals surface area contributed by atoms with Gasteiger partial charge in [-0.15, -0.1) is 0 Å². The van der Waals surface area contributed by atoms with E-state index in [1.807, 2.05) is 6.07 Å². The molecule has 0 saturated heterocycles. The lowest BCUT2D eigenvalue weighted by Gasteiger charge is -2.15. The predicted molar refractivity (Wildman–Crippen MR) is 105 cm³/mol. The highest BCUT2D eigenvalue weighted by Gasteiger charge is 2.24. The zero-order valence-electron chi connectivity index (χ0n) is 16.3. The van der Waals surface area contributed by atoms with Crippen molar-refractivity contribution in [3.05, 3.63) is 58.5 Å². The third-order valence-corrected chi connectivity index (χ3v) is 4.35. The van der Waals surface area contributed by atoms with Gasteiger partial charge in [-0.25, -0.2) is 4.79 Å². The lowest BCUT2D eigenvalue weighted by Crippen LogP contribution is -2.24. The second kappa shape index (κ2) is 8.73. The van der Waals surface area contributed by atoms with E-state index in [4.69, 9.17) is 14.3 Å². The maximum Gasteiger partial charge on any atom is 0.343 e. The molecular formula is C21H24N2O5. The molecule has 148 valence electrons. The summed E-state index contributed by atoms with van der Waals surface area (Å²) in [5, 5.41) is 4.13. The van der Waals surface area contributed by atoms with E-state index in [9.17, 15) is 9.59 Å². The molecule has 2 heterocycles. The molecule has 1 unspecified atom stereocenters. The van der Waals surface area contributed by atoms with E-state index in [0.717, 1.165) is 5.71 Å². The third kappa shape index (κ3) is 4.60. The summed E-state index contributed by atoms with van der Waals surface area (Å²) in [6.45, 7) is 6.43. The summed E-state index contributed by atoms with van der Waals surface area (Å²) in [6, 6.07) is 8.94. The van der Waals surface area contributed by atoms with Crippen molar-refractivity contribution in [3.8, 4) is 11.5 Å². The van der Waals surface area contributed by atoms with Gasteiger partial charge in [0.2, 0.25) is 5.43 Å². The van der Waals surface area contributed by atoms with Crippen LogP contribution in [0.5, 0.6) is 11.5 Å². The Morgan fingerprint density at radius 3 is 2.68 bits per heavy atom. The van der Waals surface area contributed by atoms with Gasteiger partial charge in [-0.1, -0.05) is 37.2 Å². The molecule has 0 spiro atoms. The van der Waals surface area contributed by atoms with Crippen LogP contribution in [0.3, 0.4) is 0 Å². The maximum absolute atomic E-state index is 12.7. The van der Waals surface area contributed by atoms with Gasteiger partial charge in [-0.05, 0) is 25.0 Å². The van der Waals surface area contributed by atoms with Crippen LogP contribution < -0.4 is 10.2 Å². The summed E-state index contributed by atoms with van der Waals surface area (Å²) < 4.78 is 12.5. The number of benzene rings is 1. The summed E-state index contributed by atoms with van der Waals surface area (Å²) in [6.07, 6.45) is 3.59. The molecule has 1 aromatic carbocycles. The van der Waals surface area contributed by atoms with E-state index in [1.165, 1.54) is 6.20 Å². The van der Waals surface area contributed by atoms with E-state index < -0.39 is 11.4 Å². The van der Waals surface area contributed by atoms with Gasteiger partial charge in [0, 0.05) is 12.6 Å². The Kier molecular flexibility index (Phi) is 6.13. The standard InChI is InChI=1S/C21H24N2O5/c1-4-26-21(25)17-12-23(11-16-10-18(14(2)3)22-28-16)13-19(20(17)24)27-15-8-6-5-7-9-15/h5-9,12-14,16H,4,10-11H2,1-3H3. The van der Waals surface area contributed by atoms with Crippen molar-refractivity contribution in [3.63, 3.8) is 0 Å². The number of hydrogen-bond donors (Lipinski definition) is 0. The number of rotatable bonds is 7. The first-order valence-corrected chi connectivity index (χ1v) is 9.34. The van der Waals surface area contributed by atoms with E-state index in [-0.39, 0.29) is 24.0 Å². The van der Waals surface area contributed by atoms with Crippen molar-refractivity contribution in [2.24, 2.45) is 11.1 Å². The minimum atomic E-state index is -0.675. The number of ether oxygens (including phenoxy) is 2. The van der Waals surface area contributed by atoms with Crippen molar-refractivity contribution in [2.75, 3.05) is 6.61 Å². The topological polar surface area (TPSA) is 79.1 Å². The van der Waals surface area contributed by atoms with E-state index in [2.05, 4.69) is 19.0 Å². The van der Waals surface area contributed by atoms with Crippen LogP contribution in [0.1, 0.15) is 37.6 Å². The molecular weight excluding hydrogens is 360 g/mol. The molecule has 0 radical (unpaired) electrons. The SMILES string of the molecule is CCOC(=O)c1cn(CC2CC(C(C)C)=NO2)cc(Oc2ccccc2)c1=O. The van der Waals surface area contributed by atoms with Gasteiger partial charge in [0.25, 0.3) is 0 Å². The van der Waals surface area contributed by atoms with Crippen LogP contribution in [0.4, 0.5) is 0 Å². The first-order chi connectivity index (χ1) is 13.5. The van der Waals surface area contributed by atoms with Crippen molar-refractivity contribution >= 4 is 11.7 Å². The van der Waals surface area contributed by atoms with Crippen LogP contribution in [0.15, 0.2) is 52.7 Å². The number of pyridine rings is 1. The Labute approximate surface area is 163 Å². The molecule has 28 heavy (non-hydrogen) atoms. The van der Waals surface area contributed by atoms with E-state index in [0.29, 0.717) is 24.6 Å². The van der Waals surface area contributed by atoms with Crippen molar-refractivity contribution < 1.29 is 19.1 Å². The Bertz CT molecular complexity index is 918. The van der Waals surface area contributed by atoms with Crippen molar-refractivity contribution in [2.45, 2.75) is 39.8 Å². The largest absolute Gasteiger partial charge is 0.462 e. The number of nitrogens with zero attached hydrogens (tertiary/aromatic N) is 2. The first kappa shape index (κ1) is 19.7. The van der Waals surface area contributed by atoms with Gasteiger partial charge < -0.3 is 18.9 Å². The highest BCUT2D eigenvalue weighted by molar-refractivity contribution is 5.89. The molecule has 0 aliphatic carbocycles. The van der Waals surface area contributed by atoms with Gasteiger partial charge in [0.15, 0.2) is 11.9 Å². The molecule has 0 bridgehead atoms. The van der Waals surface area contributed by atoms with Gasteiger partial charge >= 0.3 is 5.97 Å². The predicted octanol–water partition coefficient (Wildman–Crippen LogP) is 3.62. The van der Waals surface area contributed by atoms with Crippen LogP contribution in [0.25, 0.3) is 0 Å². The summed E-state index contributed by atoms with van der Waals surface area (Å²) in [7, 11) is 0. The molecule has 2 aromatic rings. The Morgan fingerprint density at radius 1 is 1.29 bits per heavy atom. The van der Waals surface area contributed by atoms with Gasteiger partial charge in [0.1, 0.15) is 11.3 Å². The molecule has 7 heteroatoms. The molecule has 1 aliphatic heterocycles. The number of hydrogen-bond acceptors (Lipinski definition) is 6. The minimum absolute atomic E-state index is 0.0553. The number of esters is 1. The molecule has 1 atom stereocenters. The van der Waals surface area contributed by atoms with Gasteiger partial charge in [-0.2, -0.15) is 0 Å². The fourth-order valence-electron chi connectivity index (χ4n) is 2.88. The Hall–Kier alpha value is -3.09. The Morgan fingerprint density at radius 2 is 2.04 bits per heavy atom. The summed E-state index contributed by atoms with van der Waals surface area (Å²) in [5.74, 6) is 0.201. The van der Waals surface area contributed by atoms with E-state index in [1.54, 1.807) is 42.0 Å². The number of para-hydroxylation sites is 1. The number of oxime groups is 1. The van der Waals surface area contributed by atoms with Crippen molar-refractivity contribution in [1.29, 1.82) is 0 Å². The summed E-state index contributed by atoms with van der Waals surface area (Å²) in [5.41, 5.74) is 0.417. The van der Waals surface area contributed by atoms with Crippen LogP contribution in [-0.4, -0.2) is 29.0 Å². The summed E-state index contributed by atoms with van der Waals surface area (Å²) >= 11 is 0. The van der Waals surface area contributed by atoms with Gasteiger partial charge in [-0.3, -0.25) is 4.79 Å². The molecule has 1 aromatic heterocycles. The smallest absolute Gasteiger partial charge is 0.343 e. The summed E-state index contributed by atoms with van der Waals surface area (Å²) in [4.78, 5) is 30.5. The number of carbonyl (C=O) groups excluding carboxylic acids is 1. The molecule has 3 rings (SSSR count). The van der Waals surface area contributed by atoms with E-state index >= 15 is 0 Å². The minimum Gasteiger partial charge on any atom is -0.462 e. The first-order valence-electron chi connectivity index (χ1n) is 9.34. The third-order valence-electron chi connectivity index (χ3n) is 4.35. The fourth-order valence-corrected chi connectivity index (χ4v) is 2.88. The molecule has 1 aliphatic rings. The zero-order valence-corrected chi connectivity index (χ0v) is 16.3. The monoisotopic (exact) mass is 384 g/mol. The fraction of sp³-hybridized carbons (Fsp3) is 0.381.